The molecule has 2 aromatic heterocycles. The first-order chi connectivity index (χ1) is 18.7. The Morgan fingerprint density at radius 2 is 2.00 bits per heavy atom. The molecule has 0 spiro atoms. The third-order valence-electron chi connectivity index (χ3n) is 6.44. The maximum absolute atomic E-state index is 14.0. The molecule has 3 aromatic rings. The molecule has 3 atom stereocenters. The zero-order valence-electron chi connectivity index (χ0n) is 25.0. The van der Waals surface area contributed by atoms with Crippen LogP contribution in [-0.4, -0.2) is 37.8 Å². The second-order valence-corrected chi connectivity index (χ2v) is 9.10. The number of benzene rings is 1. The molecule has 1 aromatic carbocycles. The maximum atomic E-state index is 14.0. The molecule has 2 fully saturated rings. The van der Waals surface area contributed by atoms with E-state index in [0.29, 0.717) is 11.1 Å². The van der Waals surface area contributed by atoms with Crippen LogP contribution in [0.4, 0.5) is 10.2 Å². The van der Waals surface area contributed by atoms with Crippen molar-refractivity contribution in [2.75, 3.05) is 18.0 Å². The fourth-order valence-corrected chi connectivity index (χ4v) is 5.22. The first-order valence-corrected chi connectivity index (χ1v) is 11.2. The Labute approximate surface area is 207 Å². The lowest BCUT2D eigenvalue weighted by Crippen LogP contribution is -2.43. The van der Waals surface area contributed by atoms with E-state index in [2.05, 4.69) is 25.0 Å². The third-order valence-corrected chi connectivity index (χ3v) is 6.66. The van der Waals surface area contributed by atoms with Crippen molar-refractivity contribution in [1.29, 1.82) is 0 Å². The summed E-state index contributed by atoms with van der Waals surface area (Å²) in [6.45, 7) is -3.23. The third kappa shape index (κ3) is 4.67. The van der Waals surface area contributed by atoms with Crippen LogP contribution >= 0.6 is 11.6 Å². The van der Waals surface area contributed by atoms with Gasteiger partial charge in [-0.25, -0.2) is 19.0 Å². The highest BCUT2D eigenvalue weighted by molar-refractivity contribution is 6.30. The number of aromatic nitrogens is 5. The molecule has 1 saturated carbocycles. The first-order valence-electron chi connectivity index (χ1n) is 14.3. The maximum Gasteiger partial charge on any atom is 0.320 e. The number of anilines is 1. The van der Waals surface area contributed by atoms with E-state index in [-0.39, 0.29) is 34.4 Å². The van der Waals surface area contributed by atoms with Gasteiger partial charge in [-0.3, -0.25) is 0 Å². The summed E-state index contributed by atoms with van der Waals surface area (Å²) < 4.78 is 76.3. The summed E-state index contributed by atoms with van der Waals surface area (Å²) in [6.07, 6.45) is 3.84. The average molecular weight is 478 g/mol. The summed E-state index contributed by atoms with van der Waals surface area (Å²) in [5, 5.41) is 4.25. The van der Waals surface area contributed by atoms with E-state index in [0.717, 1.165) is 49.6 Å². The normalized spacial score (nSPS) is 26.5. The smallest absolute Gasteiger partial charge is 0.320 e. The van der Waals surface area contributed by atoms with Crippen LogP contribution in [0.3, 0.4) is 0 Å². The van der Waals surface area contributed by atoms with Gasteiger partial charge in [0.1, 0.15) is 23.7 Å². The first kappa shape index (κ1) is 15.2. The van der Waals surface area contributed by atoms with E-state index in [9.17, 15) is 4.39 Å². The molecule has 0 radical (unpaired) electrons. The zero-order chi connectivity index (χ0) is 29.0. The molecule has 33 heavy (non-hydrogen) atoms. The highest BCUT2D eigenvalue weighted by Crippen LogP contribution is 2.44. The summed E-state index contributed by atoms with van der Waals surface area (Å²) in [4.78, 5) is 15.2. The van der Waals surface area contributed by atoms with Crippen LogP contribution in [0.2, 0.25) is 5.02 Å². The van der Waals surface area contributed by atoms with Crippen molar-refractivity contribution in [3.63, 3.8) is 0 Å². The second-order valence-electron chi connectivity index (χ2n) is 8.67. The minimum atomic E-state index is -3.33. The molecule has 1 aliphatic heterocycles. The lowest BCUT2D eigenvalue weighted by molar-refractivity contribution is 0.264. The summed E-state index contributed by atoms with van der Waals surface area (Å²) in [7, 11) is 0. The van der Waals surface area contributed by atoms with Crippen molar-refractivity contribution in [2.45, 2.75) is 45.9 Å². The van der Waals surface area contributed by atoms with Crippen molar-refractivity contribution >= 4 is 17.4 Å². The number of halogens is 2. The Balaban J connectivity index is 1.48. The van der Waals surface area contributed by atoms with Crippen molar-refractivity contribution in [1.82, 2.24) is 24.7 Å². The number of aryl methyl sites for hydroxylation is 1. The van der Waals surface area contributed by atoms with E-state index < -0.39 is 31.5 Å². The van der Waals surface area contributed by atoms with Crippen LogP contribution in [0.5, 0.6) is 11.8 Å². The lowest BCUT2D eigenvalue weighted by atomic mass is 9.82. The van der Waals surface area contributed by atoms with Gasteiger partial charge in [-0.1, -0.05) is 11.6 Å². The molecule has 2 bridgehead atoms. The van der Waals surface area contributed by atoms with Crippen LogP contribution < -0.4 is 9.64 Å². The van der Waals surface area contributed by atoms with E-state index in [4.69, 9.17) is 25.9 Å². The minimum absolute atomic E-state index is 0.00674. The van der Waals surface area contributed by atoms with Crippen LogP contribution in [0.25, 0.3) is 0 Å². The Kier molecular flexibility index (Phi) is 4.10. The van der Waals surface area contributed by atoms with Crippen LogP contribution in [0.15, 0.2) is 30.6 Å². The van der Waals surface area contributed by atoms with Gasteiger partial charge >= 0.3 is 6.01 Å². The van der Waals surface area contributed by atoms with Gasteiger partial charge in [0.05, 0.1) is 7.39 Å². The number of fused-ring (bicyclic) bond motifs is 2. The van der Waals surface area contributed by atoms with E-state index >= 15 is 0 Å². The lowest BCUT2D eigenvalue weighted by Gasteiger charge is -2.38. The predicted molar refractivity (Wildman–Crippen MR) is 124 cm³/mol. The number of ether oxygens (including phenoxy) is 1. The summed E-state index contributed by atoms with van der Waals surface area (Å²) >= 11 is 5.94. The summed E-state index contributed by atoms with van der Waals surface area (Å²) in [5.41, 5.74) is 0.878. The summed E-state index contributed by atoms with van der Waals surface area (Å²) in [5.74, 6) is 0.848. The van der Waals surface area contributed by atoms with Crippen LogP contribution in [-0.2, 0) is 6.42 Å². The molecule has 174 valence electrons. The Bertz CT molecular complexity index is 1350. The molecule has 1 unspecified atom stereocenters. The number of hydrogen-bond acceptors (Lipinski definition) is 6. The summed E-state index contributed by atoms with van der Waals surface area (Å²) in [6, 6.07) is 1.50. The Hall–Kier alpha value is -2.74. The number of piperidine rings is 1. The standard InChI is InChI=1S/C24H28ClFN6O/c1-14(2)32-24(33-20-8-18(25)7-19(26)9-20)29-22(30-32)10-21-16-4-5-17(21)12-31(11-16)23-6-15(3)27-13-28-23/h6-9,13-14,16-17,21H,4-5,10-12H2,1-3H3/t16-,17+,21?/i1D3,2D3,14D. The molecule has 1 saturated heterocycles. The van der Waals surface area contributed by atoms with Gasteiger partial charge in [0.25, 0.3) is 0 Å². The number of rotatable bonds is 6. The zero-order valence-corrected chi connectivity index (χ0v) is 18.8. The predicted octanol–water partition coefficient (Wildman–Crippen LogP) is 5.25. The Morgan fingerprint density at radius 3 is 2.70 bits per heavy atom. The highest BCUT2D eigenvalue weighted by Gasteiger charge is 2.43. The van der Waals surface area contributed by atoms with E-state index in [1.54, 1.807) is 6.33 Å². The molecular formula is C24H28ClFN6O. The van der Waals surface area contributed by atoms with Gasteiger partial charge in [-0.05, 0) is 63.4 Å². The molecule has 3 heterocycles. The molecule has 1 aliphatic carbocycles. The fourth-order valence-electron chi connectivity index (χ4n) is 5.01. The fraction of sp³-hybridized carbons (Fsp3) is 0.500. The van der Waals surface area contributed by atoms with Crippen molar-refractivity contribution in [3.8, 4) is 11.8 Å². The highest BCUT2D eigenvalue weighted by atomic mass is 35.5. The second kappa shape index (κ2) is 8.89. The number of hydrogen-bond donors (Lipinski definition) is 0. The monoisotopic (exact) mass is 477 g/mol. The largest absolute Gasteiger partial charge is 0.424 e. The molecule has 9 heteroatoms. The minimum Gasteiger partial charge on any atom is -0.424 e. The quantitative estimate of drug-likeness (QED) is 0.483. The topological polar surface area (TPSA) is 69.0 Å². The van der Waals surface area contributed by atoms with Crippen molar-refractivity contribution in [3.05, 3.63) is 53.0 Å². The average Bonchev–Trinajstić information content (AvgIpc) is 3.31. The van der Waals surface area contributed by atoms with Gasteiger partial charge in [0, 0.05) is 50.6 Å². The molecule has 5 rings (SSSR count). The van der Waals surface area contributed by atoms with Crippen LogP contribution in [0, 0.1) is 30.5 Å². The van der Waals surface area contributed by atoms with Gasteiger partial charge in [0.2, 0.25) is 0 Å². The molecule has 0 N–H and O–H groups in total. The number of nitrogens with zero attached hydrogens (tertiary/aromatic N) is 6. The molecule has 7 nitrogen and oxygen atoms in total. The van der Waals surface area contributed by atoms with Crippen molar-refractivity contribution < 1.29 is 18.7 Å². The van der Waals surface area contributed by atoms with Gasteiger partial charge < -0.3 is 9.64 Å². The van der Waals surface area contributed by atoms with Crippen LogP contribution in [0.1, 0.15) is 53.7 Å². The SMILES string of the molecule is [2H]C([2H])([2H])C([2H])(n1nc(CC2[C@@H]3CC[C@H]2CN(c2cc(C)ncn2)C3)nc1Oc1cc(F)cc(Cl)c1)C([2H])([2H])[2H]. The van der Waals surface area contributed by atoms with Gasteiger partial charge in [-0.2, -0.15) is 10.1 Å². The van der Waals surface area contributed by atoms with E-state index in [1.165, 1.54) is 6.07 Å². The molecule has 0 amide bonds. The van der Waals surface area contributed by atoms with Gasteiger partial charge in [0.15, 0.2) is 5.82 Å². The van der Waals surface area contributed by atoms with E-state index in [1.807, 2.05) is 13.0 Å². The van der Waals surface area contributed by atoms with Crippen molar-refractivity contribution in [2.24, 2.45) is 17.8 Å². The molecule has 2 aliphatic rings. The Morgan fingerprint density at radius 1 is 1.21 bits per heavy atom. The van der Waals surface area contributed by atoms with Gasteiger partial charge in [-0.15, -0.1) is 0 Å². The molecular weight excluding hydrogens is 443 g/mol.